The van der Waals surface area contributed by atoms with Crippen molar-refractivity contribution in [3.05, 3.63) is 48.4 Å². The van der Waals surface area contributed by atoms with Gasteiger partial charge in [0.05, 0.1) is 0 Å². The molecule has 4 rings (SSSR count). The van der Waals surface area contributed by atoms with Gasteiger partial charge in [0.15, 0.2) is 0 Å². The number of fused-ring (bicyclic) bond motifs is 1. The lowest BCUT2D eigenvalue weighted by atomic mass is 10.2. The minimum Gasteiger partial charge on any atom is -0.366 e. The van der Waals surface area contributed by atoms with E-state index in [1.807, 2.05) is 12.1 Å². The molecule has 1 aromatic carbocycles. The Morgan fingerprint density at radius 2 is 2.00 bits per heavy atom. The van der Waals surface area contributed by atoms with Crippen molar-refractivity contribution in [3.63, 3.8) is 0 Å². The molecule has 0 amide bonds. The van der Waals surface area contributed by atoms with Crippen molar-refractivity contribution in [2.45, 2.75) is 19.4 Å². The number of rotatable bonds is 4. The Kier molecular flexibility index (Phi) is 3.39. The maximum atomic E-state index is 4.38. The van der Waals surface area contributed by atoms with Crippen molar-refractivity contribution < 1.29 is 0 Å². The van der Waals surface area contributed by atoms with Crippen LogP contribution in [0.4, 0.5) is 11.6 Å². The number of aromatic amines is 1. The highest BCUT2D eigenvalue weighted by molar-refractivity contribution is 5.83. The summed E-state index contributed by atoms with van der Waals surface area (Å²) in [4.78, 5) is 14.3. The first-order valence-corrected chi connectivity index (χ1v) is 7.76. The number of benzene rings is 1. The lowest BCUT2D eigenvalue weighted by Crippen LogP contribution is -2.19. The molecule has 0 unspecified atom stereocenters. The molecule has 5 heteroatoms. The number of aromatic nitrogens is 3. The SMILES string of the molecule is c1ccc2c(CNc3cc(N4CCCC4)ncn3)c[nH]c2c1. The molecule has 3 heterocycles. The van der Waals surface area contributed by atoms with E-state index < -0.39 is 0 Å². The van der Waals surface area contributed by atoms with Crippen molar-refractivity contribution in [1.82, 2.24) is 15.0 Å². The van der Waals surface area contributed by atoms with Crippen molar-refractivity contribution in [3.8, 4) is 0 Å². The summed E-state index contributed by atoms with van der Waals surface area (Å²) in [5.74, 6) is 1.90. The second kappa shape index (κ2) is 5.67. The van der Waals surface area contributed by atoms with Gasteiger partial charge in [0.1, 0.15) is 18.0 Å². The van der Waals surface area contributed by atoms with Crippen LogP contribution in [0.3, 0.4) is 0 Å². The van der Waals surface area contributed by atoms with Gasteiger partial charge in [-0.3, -0.25) is 0 Å². The van der Waals surface area contributed by atoms with E-state index in [0.29, 0.717) is 0 Å². The van der Waals surface area contributed by atoms with Gasteiger partial charge in [-0.1, -0.05) is 18.2 Å². The molecule has 0 atom stereocenters. The van der Waals surface area contributed by atoms with Gasteiger partial charge < -0.3 is 15.2 Å². The van der Waals surface area contributed by atoms with Crippen LogP contribution in [0.5, 0.6) is 0 Å². The van der Waals surface area contributed by atoms with Gasteiger partial charge in [0, 0.05) is 42.8 Å². The number of para-hydroxylation sites is 1. The Morgan fingerprint density at radius 3 is 2.91 bits per heavy atom. The number of H-pyrrole nitrogens is 1. The van der Waals surface area contributed by atoms with Gasteiger partial charge >= 0.3 is 0 Å². The van der Waals surface area contributed by atoms with Crippen LogP contribution in [0.1, 0.15) is 18.4 Å². The first-order chi connectivity index (χ1) is 10.9. The van der Waals surface area contributed by atoms with E-state index in [2.05, 4.69) is 49.6 Å². The number of nitrogens with zero attached hydrogens (tertiary/aromatic N) is 3. The Balaban J connectivity index is 1.50. The topological polar surface area (TPSA) is 56.8 Å². The summed E-state index contributed by atoms with van der Waals surface area (Å²) in [5, 5.41) is 4.66. The molecule has 0 saturated carbocycles. The average Bonchev–Trinajstić information content (AvgIpc) is 3.23. The minimum absolute atomic E-state index is 0.750. The first-order valence-electron chi connectivity index (χ1n) is 7.76. The van der Waals surface area contributed by atoms with Crippen molar-refractivity contribution in [1.29, 1.82) is 0 Å². The lowest BCUT2D eigenvalue weighted by Gasteiger charge is -2.16. The summed E-state index contributed by atoms with van der Waals surface area (Å²) in [5.41, 5.74) is 2.41. The number of hydrogen-bond donors (Lipinski definition) is 2. The van der Waals surface area contributed by atoms with Gasteiger partial charge in [-0.15, -0.1) is 0 Å². The summed E-state index contributed by atoms with van der Waals surface area (Å²) in [6.45, 7) is 2.94. The van der Waals surface area contributed by atoms with E-state index in [0.717, 1.165) is 31.3 Å². The van der Waals surface area contributed by atoms with Crippen LogP contribution in [0.25, 0.3) is 10.9 Å². The zero-order valence-electron chi connectivity index (χ0n) is 12.4. The predicted octanol–water partition coefficient (Wildman–Crippen LogP) is 3.17. The summed E-state index contributed by atoms with van der Waals surface area (Å²) >= 11 is 0. The standard InChI is InChI=1S/C17H19N5/c1-2-6-15-14(5-1)13(10-18-15)11-19-16-9-17(21-12-20-16)22-7-3-4-8-22/h1-2,5-6,9-10,12,18H,3-4,7-8,11H2,(H,19,20,21). The summed E-state index contributed by atoms with van der Waals surface area (Å²) in [7, 11) is 0. The Labute approximate surface area is 129 Å². The molecule has 1 aliphatic heterocycles. The van der Waals surface area contributed by atoms with E-state index in [1.54, 1.807) is 6.33 Å². The van der Waals surface area contributed by atoms with Crippen LogP contribution in [-0.4, -0.2) is 28.0 Å². The Bertz CT molecular complexity index is 773. The fourth-order valence-corrected chi connectivity index (χ4v) is 3.03. The summed E-state index contributed by atoms with van der Waals surface area (Å²) in [6, 6.07) is 10.4. The van der Waals surface area contributed by atoms with Gasteiger partial charge in [0.2, 0.25) is 0 Å². The highest BCUT2D eigenvalue weighted by Crippen LogP contribution is 2.21. The number of nitrogens with one attached hydrogen (secondary N) is 2. The van der Waals surface area contributed by atoms with E-state index in [4.69, 9.17) is 0 Å². The highest BCUT2D eigenvalue weighted by atomic mass is 15.2. The van der Waals surface area contributed by atoms with E-state index in [9.17, 15) is 0 Å². The third-order valence-corrected chi connectivity index (χ3v) is 4.22. The Hall–Kier alpha value is -2.56. The molecule has 0 spiro atoms. The normalized spacial score (nSPS) is 14.6. The third-order valence-electron chi connectivity index (χ3n) is 4.22. The van der Waals surface area contributed by atoms with Crippen molar-refractivity contribution >= 4 is 22.5 Å². The van der Waals surface area contributed by atoms with Gasteiger partial charge in [-0.2, -0.15) is 0 Å². The molecule has 0 aliphatic carbocycles. The zero-order chi connectivity index (χ0) is 14.8. The van der Waals surface area contributed by atoms with E-state index in [1.165, 1.54) is 29.3 Å². The average molecular weight is 293 g/mol. The molecular weight excluding hydrogens is 274 g/mol. The third kappa shape index (κ3) is 2.50. The molecule has 5 nitrogen and oxygen atoms in total. The maximum absolute atomic E-state index is 4.38. The molecule has 1 fully saturated rings. The molecule has 0 bridgehead atoms. The highest BCUT2D eigenvalue weighted by Gasteiger charge is 2.14. The Morgan fingerprint density at radius 1 is 1.14 bits per heavy atom. The summed E-state index contributed by atoms with van der Waals surface area (Å²) in [6.07, 6.45) is 6.20. The van der Waals surface area contributed by atoms with Crippen molar-refractivity contribution in [2.24, 2.45) is 0 Å². The monoisotopic (exact) mass is 293 g/mol. The zero-order valence-corrected chi connectivity index (χ0v) is 12.4. The van der Waals surface area contributed by atoms with Gasteiger partial charge in [-0.25, -0.2) is 9.97 Å². The van der Waals surface area contributed by atoms with Crippen molar-refractivity contribution in [2.75, 3.05) is 23.3 Å². The molecule has 0 radical (unpaired) electrons. The molecule has 2 N–H and O–H groups in total. The van der Waals surface area contributed by atoms with Crippen LogP contribution in [0, 0.1) is 0 Å². The molecular formula is C17H19N5. The largest absolute Gasteiger partial charge is 0.366 e. The predicted molar refractivity (Wildman–Crippen MR) is 89.1 cm³/mol. The van der Waals surface area contributed by atoms with Crippen LogP contribution >= 0.6 is 0 Å². The van der Waals surface area contributed by atoms with Gasteiger partial charge in [0.25, 0.3) is 0 Å². The second-order valence-corrected chi connectivity index (χ2v) is 5.67. The van der Waals surface area contributed by atoms with Crippen LogP contribution < -0.4 is 10.2 Å². The van der Waals surface area contributed by atoms with Crippen LogP contribution in [0.15, 0.2) is 42.9 Å². The summed E-state index contributed by atoms with van der Waals surface area (Å²) < 4.78 is 0. The van der Waals surface area contributed by atoms with Crippen LogP contribution in [0.2, 0.25) is 0 Å². The minimum atomic E-state index is 0.750. The molecule has 2 aromatic heterocycles. The second-order valence-electron chi connectivity index (χ2n) is 5.67. The number of hydrogen-bond acceptors (Lipinski definition) is 4. The smallest absolute Gasteiger partial charge is 0.134 e. The molecule has 1 saturated heterocycles. The first kappa shape index (κ1) is 13.1. The van der Waals surface area contributed by atoms with E-state index >= 15 is 0 Å². The number of anilines is 2. The molecule has 112 valence electrons. The maximum Gasteiger partial charge on any atom is 0.134 e. The fraction of sp³-hybridized carbons (Fsp3) is 0.294. The molecule has 1 aliphatic rings. The van der Waals surface area contributed by atoms with Crippen LogP contribution in [-0.2, 0) is 6.54 Å². The molecule has 22 heavy (non-hydrogen) atoms. The lowest BCUT2D eigenvalue weighted by molar-refractivity contribution is 0.925. The quantitative estimate of drug-likeness (QED) is 0.776. The fourth-order valence-electron chi connectivity index (χ4n) is 3.03. The van der Waals surface area contributed by atoms with E-state index in [-0.39, 0.29) is 0 Å². The van der Waals surface area contributed by atoms with Gasteiger partial charge in [-0.05, 0) is 24.5 Å². The molecule has 3 aromatic rings.